The Bertz CT molecular complexity index is 513. The Labute approximate surface area is 109 Å². The Morgan fingerprint density at radius 2 is 2.29 bits per heavy atom. The van der Waals surface area contributed by atoms with Crippen LogP contribution in [0.2, 0.25) is 5.02 Å². The molecule has 2 aromatic rings. The molecule has 0 fully saturated rings. The van der Waals surface area contributed by atoms with Crippen molar-refractivity contribution >= 4 is 28.6 Å². The van der Waals surface area contributed by atoms with E-state index in [0.717, 1.165) is 22.1 Å². The van der Waals surface area contributed by atoms with Gasteiger partial charge in [0.2, 0.25) is 0 Å². The van der Waals surface area contributed by atoms with E-state index in [1.165, 1.54) is 0 Å². The second-order valence-corrected chi connectivity index (χ2v) is 4.96. The van der Waals surface area contributed by atoms with E-state index in [-0.39, 0.29) is 0 Å². The van der Waals surface area contributed by atoms with E-state index in [2.05, 4.69) is 10.3 Å². The lowest BCUT2D eigenvalue weighted by Gasteiger charge is -2.10. The van der Waals surface area contributed by atoms with Crippen molar-refractivity contribution < 1.29 is 4.74 Å². The average Bonchev–Trinajstić information content (AvgIpc) is 2.73. The van der Waals surface area contributed by atoms with Crippen LogP contribution in [0.4, 0.5) is 5.69 Å². The fraction of sp³-hybridized carbons (Fsp3) is 0.250. The SMILES string of the molecule is COc1ccc(Cl)cc1NCc1nc(C)cs1. The van der Waals surface area contributed by atoms with E-state index in [4.69, 9.17) is 16.3 Å². The molecule has 0 bridgehead atoms. The van der Waals surface area contributed by atoms with Gasteiger partial charge in [-0.3, -0.25) is 0 Å². The molecule has 1 aromatic carbocycles. The number of hydrogen-bond acceptors (Lipinski definition) is 4. The zero-order chi connectivity index (χ0) is 12.3. The molecule has 0 unspecified atom stereocenters. The highest BCUT2D eigenvalue weighted by Crippen LogP contribution is 2.28. The van der Waals surface area contributed by atoms with Crippen LogP contribution >= 0.6 is 22.9 Å². The van der Waals surface area contributed by atoms with Gasteiger partial charge in [0, 0.05) is 16.1 Å². The zero-order valence-corrected chi connectivity index (χ0v) is 11.2. The van der Waals surface area contributed by atoms with Gasteiger partial charge in [-0.15, -0.1) is 11.3 Å². The first kappa shape index (κ1) is 12.2. The minimum Gasteiger partial charge on any atom is -0.495 e. The molecule has 0 amide bonds. The van der Waals surface area contributed by atoms with Gasteiger partial charge in [-0.05, 0) is 25.1 Å². The molecule has 0 radical (unpaired) electrons. The minimum absolute atomic E-state index is 0.676. The molecule has 0 spiro atoms. The first-order valence-corrected chi connectivity index (χ1v) is 6.43. The van der Waals surface area contributed by atoms with E-state index in [0.29, 0.717) is 11.6 Å². The summed E-state index contributed by atoms with van der Waals surface area (Å²) in [7, 11) is 1.64. The van der Waals surface area contributed by atoms with E-state index < -0.39 is 0 Å². The van der Waals surface area contributed by atoms with Gasteiger partial charge in [-0.1, -0.05) is 11.6 Å². The van der Waals surface area contributed by atoms with Crippen molar-refractivity contribution in [3.63, 3.8) is 0 Å². The number of aryl methyl sites for hydroxylation is 1. The third-order valence-corrected chi connectivity index (χ3v) is 3.46. The highest BCUT2D eigenvalue weighted by atomic mass is 35.5. The summed E-state index contributed by atoms with van der Waals surface area (Å²) in [5.41, 5.74) is 1.93. The molecule has 0 saturated carbocycles. The normalized spacial score (nSPS) is 10.3. The Kier molecular flexibility index (Phi) is 3.86. The van der Waals surface area contributed by atoms with Gasteiger partial charge in [0.15, 0.2) is 0 Å². The van der Waals surface area contributed by atoms with Crippen LogP contribution in [-0.4, -0.2) is 12.1 Å². The van der Waals surface area contributed by atoms with Crippen molar-refractivity contribution in [1.29, 1.82) is 0 Å². The van der Waals surface area contributed by atoms with Gasteiger partial charge < -0.3 is 10.1 Å². The van der Waals surface area contributed by atoms with Crippen molar-refractivity contribution in [2.45, 2.75) is 13.5 Å². The topological polar surface area (TPSA) is 34.1 Å². The Hall–Kier alpha value is -1.26. The molecule has 0 atom stereocenters. The summed E-state index contributed by atoms with van der Waals surface area (Å²) in [4.78, 5) is 4.39. The number of nitrogens with zero attached hydrogens (tertiary/aromatic N) is 1. The number of thiazole rings is 1. The van der Waals surface area contributed by atoms with Crippen LogP contribution in [0, 0.1) is 6.92 Å². The second kappa shape index (κ2) is 5.38. The van der Waals surface area contributed by atoms with Crippen molar-refractivity contribution in [3.8, 4) is 5.75 Å². The Morgan fingerprint density at radius 3 is 2.94 bits per heavy atom. The van der Waals surface area contributed by atoms with Crippen molar-refractivity contribution in [2.75, 3.05) is 12.4 Å². The van der Waals surface area contributed by atoms with E-state index in [9.17, 15) is 0 Å². The predicted molar refractivity (Wildman–Crippen MR) is 72.2 cm³/mol. The standard InChI is InChI=1S/C12H13ClN2OS/c1-8-7-17-12(15-8)6-14-10-5-9(13)3-4-11(10)16-2/h3-5,7,14H,6H2,1-2H3. The molecule has 2 rings (SSSR count). The van der Waals surface area contributed by atoms with Gasteiger partial charge in [0.1, 0.15) is 10.8 Å². The molecule has 0 aliphatic carbocycles. The molecular formula is C12H13ClN2OS. The number of methoxy groups -OCH3 is 1. The molecule has 1 N–H and O–H groups in total. The van der Waals surface area contributed by atoms with Crippen LogP contribution in [0.1, 0.15) is 10.7 Å². The monoisotopic (exact) mass is 268 g/mol. The highest BCUT2D eigenvalue weighted by Gasteiger charge is 2.04. The second-order valence-electron chi connectivity index (χ2n) is 3.58. The van der Waals surface area contributed by atoms with Crippen LogP contribution < -0.4 is 10.1 Å². The molecule has 0 aliphatic heterocycles. The number of rotatable bonds is 4. The predicted octanol–water partition coefficient (Wildman–Crippen LogP) is 3.73. The number of nitrogens with one attached hydrogen (secondary N) is 1. The van der Waals surface area contributed by atoms with Gasteiger partial charge in [-0.25, -0.2) is 4.98 Å². The van der Waals surface area contributed by atoms with Crippen LogP contribution in [0.15, 0.2) is 23.6 Å². The summed E-state index contributed by atoms with van der Waals surface area (Å²) in [6, 6.07) is 5.50. The lowest BCUT2D eigenvalue weighted by Crippen LogP contribution is -2.01. The first-order chi connectivity index (χ1) is 8.19. The summed E-state index contributed by atoms with van der Waals surface area (Å²) in [6.45, 7) is 2.66. The van der Waals surface area contributed by atoms with Gasteiger partial charge in [-0.2, -0.15) is 0 Å². The Morgan fingerprint density at radius 1 is 1.47 bits per heavy atom. The molecular weight excluding hydrogens is 256 g/mol. The third-order valence-electron chi connectivity index (χ3n) is 2.26. The minimum atomic E-state index is 0.676. The van der Waals surface area contributed by atoms with Crippen molar-refractivity contribution in [1.82, 2.24) is 4.98 Å². The zero-order valence-electron chi connectivity index (χ0n) is 9.66. The summed E-state index contributed by atoms with van der Waals surface area (Å²) in [5, 5.41) is 7.04. The molecule has 0 saturated heterocycles. The van der Waals surface area contributed by atoms with Crippen LogP contribution in [0.5, 0.6) is 5.75 Å². The van der Waals surface area contributed by atoms with Gasteiger partial charge >= 0.3 is 0 Å². The van der Waals surface area contributed by atoms with Crippen LogP contribution in [-0.2, 0) is 6.54 Å². The Balaban J connectivity index is 2.10. The smallest absolute Gasteiger partial charge is 0.142 e. The number of anilines is 1. The molecule has 17 heavy (non-hydrogen) atoms. The molecule has 0 aliphatic rings. The molecule has 3 nitrogen and oxygen atoms in total. The van der Waals surface area contributed by atoms with Gasteiger partial charge in [0.25, 0.3) is 0 Å². The van der Waals surface area contributed by atoms with E-state index >= 15 is 0 Å². The number of hydrogen-bond donors (Lipinski definition) is 1. The number of aromatic nitrogens is 1. The van der Waals surface area contributed by atoms with Crippen molar-refractivity contribution in [2.24, 2.45) is 0 Å². The maximum Gasteiger partial charge on any atom is 0.142 e. The maximum atomic E-state index is 5.95. The lowest BCUT2D eigenvalue weighted by molar-refractivity contribution is 0.416. The summed E-state index contributed by atoms with van der Waals surface area (Å²) in [5.74, 6) is 0.780. The summed E-state index contributed by atoms with van der Waals surface area (Å²) < 4.78 is 5.26. The summed E-state index contributed by atoms with van der Waals surface area (Å²) in [6.07, 6.45) is 0. The van der Waals surface area contributed by atoms with Gasteiger partial charge in [0.05, 0.1) is 19.3 Å². The molecule has 90 valence electrons. The molecule has 5 heteroatoms. The van der Waals surface area contributed by atoms with E-state index in [1.807, 2.05) is 24.4 Å². The summed E-state index contributed by atoms with van der Waals surface area (Å²) >= 11 is 7.59. The number of ether oxygens (including phenoxy) is 1. The van der Waals surface area contributed by atoms with Crippen LogP contribution in [0.3, 0.4) is 0 Å². The molecule has 1 heterocycles. The lowest BCUT2D eigenvalue weighted by atomic mass is 10.3. The average molecular weight is 269 g/mol. The fourth-order valence-corrected chi connectivity index (χ4v) is 2.36. The molecule has 1 aromatic heterocycles. The third kappa shape index (κ3) is 3.11. The fourth-order valence-electron chi connectivity index (χ4n) is 1.47. The highest BCUT2D eigenvalue weighted by molar-refractivity contribution is 7.09. The quantitative estimate of drug-likeness (QED) is 0.918. The first-order valence-electron chi connectivity index (χ1n) is 5.17. The largest absolute Gasteiger partial charge is 0.495 e. The number of halogens is 1. The number of benzene rings is 1. The van der Waals surface area contributed by atoms with Crippen molar-refractivity contribution in [3.05, 3.63) is 39.3 Å². The van der Waals surface area contributed by atoms with Crippen LogP contribution in [0.25, 0.3) is 0 Å². The van der Waals surface area contributed by atoms with E-state index in [1.54, 1.807) is 24.5 Å². The maximum absolute atomic E-state index is 5.95.